The second-order valence-electron chi connectivity index (χ2n) is 4.39. The molecule has 2 N–H and O–H groups in total. The number of phenols is 1. The lowest BCUT2D eigenvalue weighted by atomic mass is 10.2. The topological polar surface area (TPSA) is 49.3 Å². The highest BCUT2D eigenvalue weighted by Crippen LogP contribution is 2.33. The van der Waals surface area contributed by atoms with E-state index < -0.39 is 0 Å². The number of thioether (sulfide) groups is 1. The summed E-state index contributed by atoms with van der Waals surface area (Å²) < 4.78 is 0. The van der Waals surface area contributed by atoms with E-state index in [2.05, 4.69) is 5.32 Å². The molecule has 2 rings (SSSR count). The van der Waals surface area contributed by atoms with Crippen molar-refractivity contribution in [2.75, 3.05) is 11.1 Å². The predicted octanol–water partition coefficient (Wildman–Crippen LogP) is 4.74. The number of carbonyl (C=O) groups excluding carboxylic acids is 1. The van der Waals surface area contributed by atoms with Crippen molar-refractivity contribution in [1.29, 1.82) is 0 Å². The van der Waals surface area contributed by atoms with Crippen LogP contribution in [0.15, 0.2) is 41.3 Å². The molecule has 0 fully saturated rings. The van der Waals surface area contributed by atoms with Crippen LogP contribution in [0.2, 0.25) is 10.0 Å². The highest BCUT2D eigenvalue weighted by molar-refractivity contribution is 8.00. The van der Waals surface area contributed by atoms with Crippen molar-refractivity contribution in [3.05, 3.63) is 52.0 Å². The van der Waals surface area contributed by atoms with Crippen molar-refractivity contribution in [2.24, 2.45) is 0 Å². The summed E-state index contributed by atoms with van der Waals surface area (Å²) in [6.07, 6.45) is 0. The summed E-state index contributed by atoms with van der Waals surface area (Å²) in [5.74, 6) is 0.160. The van der Waals surface area contributed by atoms with E-state index >= 15 is 0 Å². The highest BCUT2D eigenvalue weighted by atomic mass is 35.5. The van der Waals surface area contributed by atoms with Crippen LogP contribution in [0.4, 0.5) is 5.69 Å². The fourth-order valence-electron chi connectivity index (χ4n) is 1.67. The molecule has 0 atom stereocenters. The fraction of sp³-hybridized carbons (Fsp3) is 0.133. The van der Waals surface area contributed by atoms with Gasteiger partial charge in [-0.3, -0.25) is 4.79 Å². The van der Waals surface area contributed by atoms with E-state index in [1.165, 1.54) is 11.8 Å². The van der Waals surface area contributed by atoms with Crippen LogP contribution >= 0.6 is 35.0 Å². The molecule has 0 bridgehead atoms. The van der Waals surface area contributed by atoms with Gasteiger partial charge in [-0.15, -0.1) is 11.8 Å². The number of carbonyl (C=O) groups is 1. The van der Waals surface area contributed by atoms with Crippen LogP contribution in [0.25, 0.3) is 0 Å². The van der Waals surface area contributed by atoms with Crippen molar-refractivity contribution < 1.29 is 9.90 Å². The number of amides is 1. The van der Waals surface area contributed by atoms with Crippen molar-refractivity contribution in [1.82, 2.24) is 0 Å². The molecule has 0 heterocycles. The maximum absolute atomic E-state index is 12.0. The van der Waals surface area contributed by atoms with Crippen LogP contribution in [0.1, 0.15) is 5.56 Å². The largest absolute Gasteiger partial charge is 0.508 e. The quantitative estimate of drug-likeness (QED) is 0.789. The standard InChI is InChI=1S/C15H13Cl2NO2S/c1-9-5-6-12(16)15(14(9)17)18-13(20)8-21-11-4-2-3-10(19)7-11/h2-7,19H,8H2,1H3,(H,18,20). The molecule has 3 nitrogen and oxygen atoms in total. The number of benzene rings is 2. The minimum Gasteiger partial charge on any atom is -0.508 e. The van der Waals surface area contributed by atoms with Gasteiger partial charge in [0.15, 0.2) is 0 Å². The van der Waals surface area contributed by atoms with Gasteiger partial charge in [-0.05, 0) is 36.8 Å². The van der Waals surface area contributed by atoms with Crippen LogP contribution in [-0.4, -0.2) is 16.8 Å². The number of anilines is 1. The number of rotatable bonds is 4. The zero-order valence-electron chi connectivity index (χ0n) is 11.2. The third-order valence-electron chi connectivity index (χ3n) is 2.74. The Hall–Kier alpha value is -1.36. The molecule has 2 aromatic carbocycles. The number of hydrogen-bond acceptors (Lipinski definition) is 3. The van der Waals surface area contributed by atoms with Crippen LogP contribution in [0.5, 0.6) is 5.75 Å². The Kier molecular flexibility index (Phi) is 5.39. The van der Waals surface area contributed by atoms with Crippen LogP contribution < -0.4 is 5.32 Å². The van der Waals surface area contributed by atoms with Crippen LogP contribution in [0.3, 0.4) is 0 Å². The van der Waals surface area contributed by atoms with Gasteiger partial charge in [-0.1, -0.05) is 35.3 Å². The molecule has 2 aromatic rings. The highest BCUT2D eigenvalue weighted by Gasteiger charge is 2.12. The molecule has 1 amide bonds. The predicted molar refractivity (Wildman–Crippen MR) is 88.7 cm³/mol. The number of aromatic hydroxyl groups is 1. The summed E-state index contributed by atoms with van der Waals surface area (Å²) in [6.45, 7) is 1.84. The lowest BCUT2D eigenvalue weighted by Crippen LogP contribution is -2.14. The number of aryl methyl sites for hydroxylation is 1. The molecule has 0 saturated heterocycles. The molecule has 0 aromatic heterocycles. The zero-order valence-corrected chi connectivity index (χ0v) is 13.5. The Bertz CT molecular complexity index is 677. The SMILES string of the molecule is Cc1ccc(Cl)c(NC(=O)CSc2cccc(O)c2)c1Cl. The molecular weight excluding hydrogens is 329 g/mol. The van der Waals surface area contributed by atoms with Crippen LogP contribution in [0, 0.1) is 6.92 Å². The molecule has 6 heteroatoms. The molecule has 0 saturated carbocycles. The fourth-order valence-corrected chi connectivity index (χ4v) is 2.88. The van der Waals surface area contributed by atoms with Gasteiger partial charge < -0.3 is 10.4 Å². The van der Waals surface area contributed by atoms with E-state index in [1.54, 1.807) is 30.3 Å². The van der Waals surface area contributed by atoms with Gasteiger partial charge in [-0.2, -0.15) is 0 Å². The first-order valence-corrected chi connectivity index (χ1v) is 7.88. The lowest BCUT2D eigenvalue weighted by Gasteiger charge is -2.11. The van der Waals surface area contributed by atoms with Crippen molar-refractivity contribution in [3.63, 3.8) is 0 Å². The van der Waals surface area contributed by atoms with Crippen molar-refractivity contribution in [3.8, 4) is 5.75 Å². The third-order valence-corrected chi connectivity index (χ3v) is 4.53. The van der Waals surface area contributed by atoms with E-state index in [0.717, 1.165) is 10.5 Å². The van der Waals surface area contributed by atoms with Gasteiger partial charge in [0.1, 0.15) is 5.75 Å². The second kappa shape index (κ2) is 7.07. The van der Waals surface area contributed by atoms with E-state index in [9.17, 15) is 9.90 Å². The van der Waals surface area contributed by atoms with Gasteiger partial charge in [0, 0.05) is 4.90 Å². The first-order valence-electron chi connectivity index (χ1n) is 6.13. The van der Waals surface area contributed by atoms with Gasteiger partial charge in [0.25, 0.3) is 0 Å². The Balaban J connectivity index is 2.01. The maximum Gasteiger partial charge on any atom is 0.234 e. The number of nitrogens with one attached hydrogen (secondary N) is 1. The Morgan fingerprint density at radius 1 is 1.29 bits per heavy atom. The average molecular weight is 342 g/mol. The molecule has 0 aliphatic carbocycles. The zero-order chi connectivity index (χ0) is 15.4. The lowest BCUT2D eigenvalue weighted by molar-refractivity contribution is -0.113. The number of halogens is 2. The van der Waals surface area contributed by atoms with Crippen molar-refractivity contribution >= 4 is 46.6 Å². The van der Waals surface area contributed by atoms with Gasteiger partial charge >= 0.3 is 0 Å². The summed E-state index contributed by atoms with van der Waals surface area (Å²) >= 11 is 13.5. The number of hydrogen-bond donors (Lipinski definition) is 2. The smallest absolute Gasteiger partial charge is 0.234 e. The number of phenolic OH excluding ortho intramolecular Hbond substituents is 1. The normalized spacial score (nSPS) is 10.4. The Labute approximate surface area is 137 Å². The Morgan fingerprint density at radius 3 is 2.76 bits per heavy atom. The molecule has 0 aliphatic heterocycles. The van der Waals surface area contributed by atoms with E-state index in [-0.39, 0.29) is 17.4 Å². The molecule has 0 radical (unpaired) electrons. The van der Waals surface area contributed by atoms with Crippen molar-refractivity contribution in [2.45, 2.75) is 11.8 Å². The van der Waals surface area contributed by atoms with E-state index in [0.29, 0.717) is 15.7 Å². The van der Waals surface area contributed by atoms with E-state index in [1.807, 2.05) is 13.0 Å². The first-order chi connectivity index (χ1) is 9.97. The molecule has 0 aliphatic rings. The minimum absolute atomic E-state index is 0.171. The molecule has 110 valence electrons. The first kappa shape index (κ1) is 16.0. The average Bonchev–Trinajstić information content (AvgIpc) is 2.46. The maximum atomic E-state index is 12.0. The summed E-state index contributed by atoms with van der Waals surface area (Å²) in [5.41, 5.74) is 1.27. The summed E-state index contributed by atoms with van der Waals surface area (Å²) in [7, 11) is 0. The summed E-state index contributed by atoms with van der Waals surface area (Å²) in [4.78, 5) is 12.8. The molecular formula is C15H13Cl2NO2S. The minimum atomic E-state index is -0.210. The second-order valence-corrected chi connectivity index (χ2v) is 6.22. The van der Waals surface area contributed by atoms with Gasteiger partial charge in [0.2, 0.25) is 5.91 Å². The third kappa shape index (κ3) is 4.30. The summed E-state index contributed by atoms with van der Waals surface area (Å²) in [5, 5.41) is 12.9. The molecule has 0 unspecified atom stereocenters. The summed E-state index contributed by atoms with van der Waals surface area (Å²) in [6, 6.07) is 10.2. The Morgan fingerprint density at radius 2 is 2.05 bits per heavy atom. The van der Waals surface area contributed by atoms with Crippen LogP contribution in [-0.2, 0) is 4.79 Å². The van der Waals surface area contributed by atoms with E-state index in [4.69, 9.17) is 23.2 Å². The molecule has 21 heavy (non-hydrogen) atoms. The van der Waals surface area contributed by atoms with Gasteiger partial charge in [-0.25, -0.2) is 0 Å². The van der Waals surface area contributed by atoms with Gasteiger partial charge in [0.05, 0.1) is 21.5 Å². The monoisotopic (exact) mass is 341 g/mol. The molecule has 0 spiro atoms.